The second-order valence-electron chi connectivity index (χ2n) is 8.15. The Morgan fingerprint density at radius 3 is 2.61 bits per heavy atom. The maximum atomic E-state index is 11.9. The van der Waals surface area contributed by atoms with Gasteiger partial charge in [-0.05, 0) is 30.7 Å². The van der Waals surface area contributed by atoms with Gasteiger partial charge in [0, 0.05) is 55.1 Å². The summed E-state index contributed by atoms with van der Waals surface area (Å²) < 4.78 is 0. The first-order chi connectivity index (χ1) is 16.1. The van der Waals surface area contributed by atoms with E-state index in [1.807, 2.05) is 43.3 Å². The monoisotopic (exact) mass is 442 g/mol. The maximum absolute atomic E-state index is 11.9. The first-order valence-electron chi connectivity index (χ1n) is 11.1. The molecule has 0 bridgehead atoms. The molecule has 0 atom stereocenters. The molecule has 0 radical (unpaired) electrons. The van der Waals surface area contributed by atoms with Crippen molar-refractivity contribution in [3.8, 4) is 11.4 Å². The average molecular weight is 443 g/mol. The molecule has 1 aliphatic rings. The van der Waals surface area contributed by atoms with E-state index in [9.17, 15) is 4.79 Å². The van der Waals surface area contributed by atoms with Gasteiger partial charge in [-0.2, -0.15) is 0 Å². The normalized spacial score (nSPS) is 14.6. The third kappa shape index (κ3) is 4.54. The molecule has 9 heteroatoms. The number of hydrogen-bond acceptors (Lipinski definition) is 8. The Kier molecular flexibility index (Phi) is 5.70. The SMILES string of the molecule is CCc1cc(=O)[nH]c(-c2ccc(N3CCN(Cc4nc(N)c5ccccc5n4)CC3)nc2)n1. The van der Waals surface area contributed by atoms with Gasteiger partial charge in [-0.25, -0.2) is 19.9 Å². The number of para-hydroxylation sites is 1. The molecule has 33 heavy (non-hydrogen) atoms. The Bertz CT molecular complexity index is 1330. The third-order valence-electron chi connectivity index (χ3n) is 5.92. The fourth-order valence-electron chi connectivity index (χ4n) is 4.10. The van der Waals surface area contributed by atoms with Crippen LogP contribution in [0.1, 0.15) is 18.4 Å². The first kappa shape index (κ1) is 21.0. The number of nitrogens with two attached hydrogens (primary N) is 1. The summed E-state index contributed by atoms with van der Waals surface area (Å²) in [5, 5.41) is 0.890. The number of piperazine rings is 1. The molecule has 1 aromatic carbocycles. The predicted octanol–water partition coefficient (Wildman–Crippen LogP) is 2.24. The minimum atomic E-state index is -0.144. The van der Waals surface area contributed by atoms with Crippen molar-refractivity contribution in [3.05, 3.63) is 70.5 Å². The summed E-state index contributed by atoms with van der Waals surface area (Å²) in [7, 11) is 0. The van der Waals surface area contributed by atoms with Gasteiger partial charge in [0.1, 0.15) is 23.3 Å². The largest absolute Gasteiger partial charge is 0.383 e. The lowest BCUT2D eigenvalue weighted by Crippen LogP contribution is -2.46. The molecule has 0 aliphatic carbocycles. The highest BCUT2D eigenvalue weighted by Crippen LogP contribution is 2.20. The van der Waals surface area contributed by atoms with Crippen LogP contribution in [0.5, 0.6) is 0 Å². The molecule has 0 spiro atoms. The van der Waals surface area contributed by atoms with E-state index in [-0.39, 0.29) is 5.56 Å². The van der Waals surface area contributed by atoms with Gasteiger partial charge in [0.05, 0.1) is 12.1 Å². The van der Waals surface area contributed by atoms with Gasteiger partial charge < -0.3 is 15.6 Å². The molecule has 168 valence electrons. The molecule has 4 heterocycles. The van der Waals surface area contributed by atoms with Crippen LogP contribution in [-0.2, 0) is 13.0 Å². The highest BCUT2D eigenvalue weighted by molar-refractivity contribution is 5.87. The molecule has 3 aromatic heterocycles. The Morgan fingerprint density at radius 1 is 1.03 bits per heavy atom. The minimum absolute atomic E-state index is 0.144. The lowest BCUT2D eigenvalue weighted by molar-refractivity contribution is 0.244. The number of aromatic amines is 1. The fourth-order valence-corrected chi connectivity index (χ4v) is 4.10. The van der Waals surface area contributed by atoms with Gasteiger partial charge in [0.15, 0.2) is 0 Å². The number of H-pyrrole nitrogens is 1. The Morgan fingerprint density at radius 2 is 1.85 bits per heavy atom. The zero-order valence-corrected chi connectivity index (χ0v) is 18.5. The first-order valence-corrected chi connectivity index (χ1v) is 11.1. The van der Waals surface area contributed by atoms with Gasteiger partial charge >= 0.3 is 0 Å². The second kappa shape index (κ2) is 8.95. The number of aryl methyl sites for hydroxylation is 1. The van der Waals surface area contributed by atoms with E-state index >= 15 is 0 Å². The van der Waals surface area contributed by atoms with Crippen LogP contribution in [0.4, 0.5) is 11.6 Å². The molecule has 0 unspecified atom stereocenters. The van der Waals surface area contributed by atoms with Crippen LogP contribution in [-0.4, -0.2) is 56.0 Å². The number of nitrogens with one attached hydrogen (secondary N) is 1. The van der Waals surface area contributed by atoms with E-state index in [0.717, 1.165) is 60.0 Å². The molecule has 0 amide bonds. The molecule has 0 saturated carbocycles. The van der Waals surface area contributed by atoms with E-state index in [4.69, 9.17) is 5.73 Å². The van der Waals surface area contributed by atoms with Gasteiger partial charge in [-0.1, -0.05) is 19.1 Å². The van der Waals surface area contributed by atoms with Crippen molar-refractivity contribution >= 4 is 22.5 Å². The van der Waals surface area contributed by atoms with Crippen molar-refractivity contribution in [1.82, 2.24) is 29.8 Å². The summed E-state index contributed by atoms with van der Waals surface area (Å²) in [6, 6.07) is 13.3. The number of nitrogens with zero attached hydrogens (tertiary/aromatic N) is 6. The van der Waals surface area contributed by atoms with Crippen LogP contribution in [0, 0.1) is 0 Å². The van der Waals surface area contributed by atoms with Crippen LogP contribution in [0.25, 0.3) is 22.3 Å². The summed E-state index contributed by atoms with van der Waals surface area (Å²) in [4.78, 5) is 37.5. The molecule has 3 N–H and O–H groups in total. The lowest BCUT2D eigenvalue weighted by atomic mass is 10.2. The Balaban J connectivity index is 1.23. The van der Waals surface area contributed by atoms with Crippen LogP contribution < -0.4 is 16.2 Å². The number of fused-ring (bicyclic) bond motifs is 1. The molecule has 4 aromatic rings. The summed E-state index contributed by atoms with van der Waals surface area (Å²) in [5.74, 6) is 2.74. The lowest BCUT2D eigenvalue weighted by Gasteiger charge is -2.35. The van der Waals surface area contributed by atoms with Crippen molar-refractivity contribution in [3.63, 3.8) is 0 Å². The molecule has 5 rings (SSSR count). The van der Waals surface area contributed by atoms with Crippen LogP contribution in [0.2, 0.25) is 0 Å². The zero-order chi connectivity index (χ0) is 22.8. The topological polar surface area (TPSA) is 117 Å². The minimum Gasteiger partial charge on any atom is -0.383 e. The van der Waals surface area contributed by atoms with E-state index in [1.54, 1.807) is 6.20 Å². The summed E-state index contributed by atoms with van der Waals surface area (Å²) in [5.41, 5.74) is 8.43. The molecular weight excluding hydrogens is 416 g/mol. The van der Waals surface area contributed by atoms with Gasteiger partial charge in [0.25, 0.3) is 5.56 Å². The third-order valence-corrected chi connectivity index (χ3v) is 5.92. The van der Waals surface area contributed by atoms with Crippen molar-refractivity contribution in [2.75, 3.05) is 36.8 Å². The Labute approximate surface area is 191 Å². The van der Waals surface area contributed by atoms with E-state index in [0.29, 0.717) is 24.6 Å². The fraction of sp³-hybridized carbons (Fsp3) is 0.292. The smallest absolute Gasteiger partial charge is 0.251 e. The van der Waals surface area contributed by atoms with Crippen molar-refractivity contribution < 1.29 is 0 Å². The van der Waals surface area contributed by atoms with Gasteiger partial charge in [0.2, 0.25) is 0 Å². The highest BCUT2D eigenvalue weighted by atomic mass is 16.1. The molecule has 1 fully saturated rings. The number of benzene rings is 1. The number of nitrogen functional groups attached to an aromatic ring is 1. The number of rotatable bonds is 5. The van der Waals surface area contributed by atoms with Crippen molar-refractivity contribution in [2.24, 2.45) is 0 Å². The number of hydrogen-bond donors (Lipinski definition) is 2. The zero-order valence-electron chi connectivity index (χ0n) is 18.5. The van der Waals surface area contributed by atoms with Crippen LogP contribution >= 0.6 is 0 Å². The predicted molar refractivity (Wildman–Crippen MR) is 129 cm³/mol. The molecule has 9 nitrogen and oxygen atoms in total. The van der Waals surface area contributed by atoms with E-state index in [1.165, 1.54) is 6.07 Å². The summed E-state index contributed by atoms with van der Waals surface area (Å²) >= 11 is 0. The summed E-state index contributed by atoms with van der Waals surface area (Å²) in [6.45, 7) is 6.13. The average Bonchev–Trinajstić information content (AvgIpc) is 2.84. The second-order valence-corrected chi connectivity index (χ2v) is 8.15. The molecule has 1 saturated heterocycles. The van der Waals surface area contributed by atoms with E-state index < -0.39 is 0 Å². The van der Waals surface area contributed by atoms with Crippen molar-refractivity contribution in [2.45, 2.75) is 19.9 Å². The van der Waals surface area contributed by atoms with Crippen molar-refractivity contribution in [1.29, 1.82) is 0 Å². The molecule has 1 aliphatic heterocycles. The van der Waals surface area contributed by atoms with Gasteiger partial charge in [-0.3, -0.25) is 9.69 Å². The number of aromatic nitrogens is 5. The number of pyridine rings is 1. The van der Waals surface area contributed by atoms with E-state index in [2.05, 4.69) is 34.7 Å². The number of anilines is 2. The van der Waals surface area contributed by atoms with Gasteiger partial charge in [-0.15, -0.1) is 0 Å². The quantitative estimate of drug-likeness (QED) is 0.483. The maximum Gasteiger partial charge on any atom is 0.251 e. The summed E-state index contributed by atoms with van der Waals surface area (Å²) in [6.07, 6.45) is 2.48. The van der Waals surface area contributed by atoms with Crippen LogP contribution in [0.15, 0.2) is 53.5 Å². The molecular formula is C24H26N8O. The highest BCUT2D eigenvalue weighted by Gasteiger charge is 2.19. The van der Waals surface area contributed by atoms with Crippen LogP contribution in [0.3, 0.4) is 0 Å². The standard InChI is InChI=1S/C24H26N8O/c1-2-17-13-22(33)30-24(27-17)16-7-8-21(26-14-16)32-11-9-31(10-12-32)15-20-28-19-6-4-3-5-18(19)23(25)29-20/h3-8,13-14H,2,9-12,15H2,1H3,(H2,25,28,29)(H,27,30,33). The Hall–Kier alpha value is -3.85.